The third-order valence-electron chi connectivity index (χ3n) is 3.46. The van der Waals surface area contributed by atoms with E-state index in [0.29, 0.717) is 28.0 Å². The number of hydrogen-bond donors (Lipinski definition) is 1. The Morgan fingerprint density at radius 3 is 2.61 bits per heavy atom. The third-order valence-corrected chi connectivity index (χ3v) is 3.70. The van der Waals surface area contributed by atoms with Gasteiger partial charge in [-0.05, 0) is 31.2 Å². The van der Waals surface area contributed by atoms with Crippen LogP contribution in [0.5, 0.6) is 0 Å². The van der Waals surface area contributed by atoms with Crippen LogP contribution in [0.1, 0.15) is 17.4 Å². The Morgan fingerprint density at radius 2 is 1.91 bits per heavy atom. The first-order chi connectivity index (χ1) is 11.1. The van der Waals surface area contributed by atoms with E-state index in [1.165, 1.54) is 4.68 Å². The molecule has 1 N–H and O–H groups in total. The van der Waals surface area contributed by atoms with Crippen molar-refractivity contribution in [2.75, 3.05) is 5.32 Å². The fourth-order valence-corrected chi connectivity index (χ4v) is 2.56. The van der Waals surface area contributed by atoms with Gasteiger partial charge < -0.3 is 5.32 Å². The molecule has 23 heavy (non-hydrogen) atoms. The maximum absolute atomic E-state index is 12.6. The fraction of sp³-hybridized carbons (Fsp3) is 0.118. The van der Waals surface area contributed by atoms with Gasteiger partial charge in [0, 0.05) is 22.6 Å². The molecule has 0 saturated carbocycles. The first-order valence-electron chi connectivity index (χ1n) is 7.17. The number of nitrogens with one attached hydrogen (secondary N) is 1. The summed E-state index contributed by atoms with van der Waals surface area (Å²) in [7, 11) is 0. The summed E-state index contributed by atoms with van der Waals surface area (Å²) in [5, 5.41) is 8.49. The van der Waals surface area contributed by atoms with Crippen molar-refractivity contribution in [3.05, 3.63) is 69.6 Å². The number of carbonyl (C=O) groups is 1. The lowest BCUT2D eigenvalue weighted by Crippen LogP contribution is -2.27. The summed E-state index contributed by atoms with van der Waals surface area (Å²) >= 11 is 5.93. The molecule has 0 spiro atoms. The van der Waals surface area contributed by atoms with Gasteiger partial charge in [-0.2, -0.15) is 5.10 Å². The second kappa shape index (κ2) is 6.22. The molecule has 116 valence electrons. The Kier molecular flexibility index (Phi) is 4.12. The molecular weight excluding hydrogens is 314 g/mol. The molecule has 1 amide bonds. The number of benzene rings is 2. The Labute approximate surface area is 137 Å². The molecule has 2 aromatic carbocycles. The van der Waals surface area contributed by atoms with E-state index in [2.05, 4.69) is 10.4 Å². The Bertz CT molecular complexity index is 950. The van der Waals surface area contributed by atoms with Crippen LogP contribution in [0.25, 0.3) is 10.8 Å². The molecule has 0 saturated heterocycles. The maximum atomic E-state index is 12.6. The number of rotatable bonds is 3. The summed E-state index contributed by atoms with van der Waals surface area (Å²) in [6, 6.07) is 13.8. The molecule has 0 aliphatic carbocycles. The first-order valence-corrected chi connectivity index (χ1v) is 7.54. The molecule has 1 aromatic heterocycles. The van der Waals surface area contributed by atoms with Gasteiger partial charge in [-0.15, -0.1) is 0 Å². The molecule has 0 aliphatic heterocycles. The summed E-state index contributed by atoms with van der Waals surface area (Å²) in [5.74, 6) is -0.384. The minimum Gasteiger partial charge on any atom is -0.321 e. The van der Waals surface area contributed by atoms with Gasteiger partial charge in [0.05, 0.1) is 5.39 Å². The largest absolute Gasteiger partial charge is 0.321 e. The molecule has 0 aliphatic rings. The zero-order valence-electron chi connectivity index (χ0n) is 12.4. The van der Waals surface area contributed by atoms with E-state index >= 15 is 0 Å². The molecule has 6 heteroatoms. The summed E-state index contributed by atoms with van der Waals surface area (Å²) < 4.78 is 1.29. The van der Waals surface area contributed by atoms with E-state index in [4.69, 9.17) is 11.6 Å². The molecule has 3 aromatic rings. The van der Waals surface area contributed by atoms with Crippen LogP contribution < -0.4 is 10.9 Å². The number of halogens is 1. The topological polar surface area (TPSA) is 64.0 Å². The smallest absolute Gasteiger partial charge is 0.276 e. The van der Waals surface area contributed by atoms with E-state index in [1.807, 2.05) is 6.92 Å². The second-order valence-corrected chi connectivity index (χ2v) is 5.42. The zero-order valence-corrected chi connectivity index (χ0v) is 13.2. The van der Waals surface area contributed by atoms with Crippen molar-refractivity contribution in [1.82, 2.24) is 9.78 Å². The van der Waals surface area contributed by atoms with Crippen LogP contribution in [-0.4, -0.2) is 15.7 Å². The molecule has 0 unspecified atom stereocenters. The van der Waals surface area contributed by atoms with Crippen LogP contribution in [-0.2, 0) is 6.54 Å². The third kappa shape index (κ3) is 2.96. The van der Waals surface area contributed by atoms with E-state index in [9.17, 15) is 9.59 Å². The summed E-state index contributed by atoms with van der Waals surface area (Å²) in [6.07, 6.45) is 0. The van der Waals surface area contributed by atoms with Gasteiger partial charge in [0.25, 0.3) is 11.5 Å². The number of nitrogens with zero attached hydrogens (tertiary/aromatic N) is 2. The quantitative estimate of drug-likeness (QED) is 0.802. The maximum Gasteiger partial charge on any atom is 0.276 e. The highest BCUT2D eigenvalue weighted by Gasteiger charge is 2.16. The van der Waals surface area contributed by atoms with E-state index in [0.717, 1.165) is 0 Å². The lowest BCUT2D eigenvalue weighted by molar-refractivity contribution is 0.102. The Balaban J connectivity index is 2.10. The second-order valence-electron chi connectivity index (χ2n) is 4.98. The molecule has 3 rings (SSSR count). The molecule has 0 fully saturated rings. The molecule has 0 atom stereocenters. The van der Waals surface area contributed by atoms with Crippen molar-refractivity contribution in [3.8, 4) is 0 Å². The number of aryl methyl sites for hydroxylation is 1. The number of anilines is 1. The highest BCUT2D eigenvalue weighted by molar-refractivity contribution is 6.31. The Hall–Kier alpha value is -2.66. The highest BCUT2D eigenvalue weighted by atomic mass is 35.5. The SMILES string of the molecule is CCn1nc(C(=O)Nc2cccc(Cl)c2)c2ccccc2c1=O. The van der Waals surface area contributed by atoms with Gasteiger partial charge in [-0.1, -0.05) is 35.9 Å². The summed E-state index contributed by atoms with van der Waals surface area (Å²) in [5.41, 5.74) is 0.576. The van der Waals surface area contributed by atoms with Gasteiger partial charge in [0.1, 0.15) is 0 Å². The average Bonchev–Trinajstić information content (AvgIpc) is 2.55. The van der Waals surface area contributed by atoms with Crippen LogP contribution in [0.3, 0.4) is 0 Å². The predicted octanol–water partition coefficient (Wildman–Crippen LogP) is 3.32. The summed E-state index contributed by atoms with van der Waals surface area (Å²) in [6.45, 7) is 2.20. The van der Waals surface area contributed by atoms with Gasteiger partial charge in [0.2, 0.25) is 0 Å². The molecule has 5 nitrogen and oxygen atoms in total. The van der Waals surface area contributed by atoms with Crippen LogP contribution in [0.2, 0.25) is 5.02 Å². The monoisotopic (exact) mass is 327 g/mol. The lowest BCUT2D eigenvalue weighted by atomic mass is 10.1. The van der Waals surface area contributed by atoms with Gasteiger partial charge in [-0.25, -0.2) is 4.68 Å². The highest BCUT2D eigenvalue weighted by Crippen LogP contribution is 2.18. The van der Waals surface area contributed by atoms with E-state index in [1.54, 1.807) is 48.5 Å². The van der Waals surface area contributed by atoms with Crippen molar-refractivity contribution in [2.45, 2.75) is 13.5 Å². The van der Waals surface area contributed by atoms with Crippen molar-refractivity contribution in [2.24, 2.45) is 0 Å². The molecule has 0 radical (unpaired) electrons. The zero-order chi connectivity index (χ0) is 16.4. The minimum atomic E-state index is -0.384. The van der Waals surface area contributed by atoms with Crippen molar-refractivity contribution in [3.63, 3.8) is 0 Å². The van der Waals surface area contributed by atoms with Crippen molar-refractivity contribution >= 4 is 34.0 Å². The Morgan fingerprint density at radius 1 is 1.17 bits per heavy atom. The molecule has 1 heterocycles. The van der Waals surface area contributed by atoms with Crippen LogP contribution in [0.4, 0.5) is 5.69 Å². The number of carbonyl (C=O) groups excluding carboxylic acids is 1. The fourth-order valence-electron chi connectivity index (χ4n) is 2.37. The molecular formula is C17H14ClN3O2. The van der Waals surface area contributed by atoms with Crippen molar-refractivity contribution in [1.29, 1.82) is 0 Å². The van der Waals surface area contributed by atoms with Gasteiger partial charge in [0.15, 0.2) is 5.69 Å². The lowest BCUT2D eigenvalue weighted by Gasteiger charge is -2.10. The number of fused-ring (bicyclic) bond motifs is 1. The minimum absolute atomic E-state index is 0.206. The normalized spacial score (nSPS) is 10.7. The first kappa shape index (κ1) is 15.2. The number of aromatic nitrogens is 2. The van der Waals surface area contributed by atoms with Crippen molar-refractivity contribution < 1.29 is 4.79 Å². The number of amides is 1. The van der Waals surface area contributed by atoms with Crippen LogP contribution >= 0.6 is 11.6 Å². The van der Waals surface area contributed by atoms with E-state index < -0.39 is 0 Å². The number of hydrogen-bond acceptors (Lipinski definition) is 3. The predicted molar refractivity (Wildman–Crippen MR) is 91.1 cm³/mol. The average molecular weight is 328 g/mol. The van der Waals surface area contributed by atoms with Crippen LogP contribution in [0, 0.1) is 0 Å². The van der Waals surface area contributed by atoms with Crippen LogP contribution in [0.15, 0.2) is 53.3 Å². The molecule has 0 bridgehead atoms. The van der Waals surface area contributed by atoms with E-state index in [-0.39, 0.29) is 17.2 Å². The van der Waals surface area contributed by atoms with Gasteiger partial charge in [-0.3, -0.25) is 9.59 Å². The summed E-state index contributed by atoms with van der Waals surface area (Å²) in [4.78, 5) is 24.9. The van der Waals surface area contributed by atoms with Gasteiger partial charge >= 0.3 is 0 Å². The standard InChI is InChI=1S/C17H14ClN3O2/c1-2-21-17(23)14-9-4-3-8-13(14)15(20-21)16(22)19-12-7-5-6-11(18)10-12/h3-10H,2H2,1H3,(H,19,22).